The number of hydrogen-bond acceptors (Lipinski definition) is 1. The van der Waals surface area contributed by atoms with Crippen molar-refractivity contribution in [3.05, 3.63) is 90.6 Å². The van der Waals surface area contributed by atoms with E-state index in [9.17, 15) is 0 Å². The summed E-state index contributed by atoms with van der Waals surface area (Å²) in [6.45, 7) is 31.7. The molecule has 0 fully saturated rings. The Morgan fingerprint density at radius 1 is 0.625 bits per heavy atom. The summed E-state index contributed by atoms with van der Waals surface area (Å²) in [6.07, 6.45) is 2.28. The third-order valence-electron chi connectivity index (χ3n) is 6.96. The first-order valence-corrected chi connectivity index (χ1v) is 14.2. The Hall–Kier alpha value is -1.48. The van der Waals surface area contributed by atoms with Gasteiger partial charge in [0.05, 0.1) is 5.69 Å². The van der Waals surface area contributed by atoms with E-state index in [-0.39, 0.29) is 51.5 Å². The molecule has 0 radical (unpaired) electrons. The number of aliphatic imine (C=N–C) groups is 1. The van der Waals surface area contributed by atoms with Gasteiger partial charge in [-0.2, -0.15) is 5.70 Å². The number of benzene rings is 2. The summed E-state index contributed by atoms with van der Waals surface area (Å²) in [4.78, 5) is 5.46. The second-order valence-corrected chi connectivity index (χ2v) is 13.8. The molecule has 40 heavy (non-hydrogen) atoms. The summed E-state index contributed by atoms with van der Waals surface area (Å²) in [5, 5.41) is 5.46. The summed E-state index contributed by atoms with van der Waals surface area (Å²) >= 11 is 0. The number of allylic oxidation sites excluding steroid dienone is 2. The van der Waals surface area contributed by atoms with Gasteiger partial charge in [-0.1, -0.05) is 151 Å². The van der Waals surface area contributed by atoms with E-state index >= 15 is 0 Å². The molecule has 0 N–H and O–H groups in total. The molecule has 220 valence electrons. The van der Waals surface area contributed by atoms with Crippen LogP contribution in [0.2, 0.25) is 0 Å². The Bertz CT molecular complexity index is 1070. The van der Waals surface area contributed by atoms with Gasteiger partial charge >= 0.3 is 25.8 Å². The van der Waals surface area contributed by atoms with Gasteiger partial charge in [-0.3, -0.25) is 4.99 Å². The monoisotopic (exact) mass is 576 g/mol. The third-order valence-corrected chi connectivity index (χ3v) is 6.96. The number of nitrogens with zero attached hydrogens (tertiary/aromatic N) is 2. The van der Waals surface area contributed by atoms with Crippen molar-refractivity contribution < 1.29 is 25.8 Å². The molecule has 0 aliphatic heterocycles. The molecule has 0 spiro atoms. The Labute approximate surface area is 268 Å². The van der Waals surface area contributed by atoms with Gasteiger partial charge in [0.2, 0.25) is 0 Å². The number of para-hydroxylation sites is 2. The van der Waals surface area contributed by atoms with Crippen molar-refractivity contribution in [1.82, 2.24) is 0 Å². The summed E-state index contributed by atoms with van der Waals surface area (Å²) in [5.74, 6) is 1.61. The fraction of sp³-hybridized carbons (Fsp3) is 0.541. The molecule has 0 aromatic heterocycles. The van der Waals surface area contributed by atoms with Crippen LogP contribution >= 0.6 is 0 Å². The third kappa shape index (κ3) is 10.4. The maximum atomic E-state index is 5.46. The van der Waals surface area contributed by atoms with Crippen LogP contribution in [0.25, 0.3) is 5.32 Å². The SMILES string of the molecule is CC(C)c1cccc(C(C)C)c1N=C(/C=C(\[N-]c1c(C(C)C)cccc1C(C)C)C(C)(C)C)C(C)(C)C.[CH3-].[CH3-].[Sc+3]. The minimum atomic E-state index is -0.136. The molecule has 0 atom stereocenters. The zero-order valence-electron chi connectivity index (χ0n) is 28.8. The maximum absolute atomic E-state index is 5.46. The number of hydrogen-bond donors (Lipinski definition) is 0. The molecule has 0 saturated heterocycles. The first-order chi connectivity index (χ1) is 16.9. The molecule has 2 rings (SSSR count). The molecule has 2 aromatic rings. The Balaban J connectivity index is 0. The van der Waals surface area contributed by atoms with Gasteiger partial charge in [0.25, 0.3) is 0 Å². The molecule has 0 amide bonds. The smallest absolute Gasteiger partial charge is 0.660 e. The van der Waals surface area contributed by atoms with Gasteiger partial charge in [0, 0.05) is 11.1 Å². The molecule has 0 bridgehead atoms. The van der Waals surface area contributed by atoms with E-state index in [2.05, 4.69) is 139 Å². The van der Waals surface area contributed by atoms with Crippen molar-refractivity contribution >= 4 is 17.1 Å². The van der Waals surface area contributed by atoms with Crippen LogP contribution in [0.5, 0.6) is 0 Å². The van der Waals surface area contributed by atoms with Gasteiger partial charge in [0.15, 0.2) is 0 Å². The van der Waals surface area contributed by atoms with Gasteiger partial charge in [-0.05, 0) is 40.2 Å². The molecular weight excluding hydrogens is 517 g/mol. The minimum absolute atomic E-state index is 0. The average molecular weight is 577 g/mol. The summed E-state index contributed by atoms with van der Waals surface area (Å²) in [5.41, 5.74) is 9.37. The van der Waals surface area contributed by atoms with Crippen molar-refractivity contribution in [3.8, 4) is 0 Å². The van der Waals surface area contributed by atoms with Crippen molar-refractivity contribution in [3.63, 3.8) is 0 Å². The van der Waals surface area contributed by atoms with E-state index in [1.165, 1.54) is 22.3 Å². The van der Waals surface area contributed by atoms with Crippen LogP contribution in [0.15, 0.2) is 53.2 Å². The molecule has 0 unspecified atom stereocenters. The minimum Gasteiger partial charge on any atom is -0.660 e. The van der Waals surface area contributed by atoms with Crippen LogP contribution in [-0.4, -0.2) is 5.71 Å². The van der Waals surface area contributed by atoms with Crippen molar-refractivity contribution in [1.29, 1.82) is 0 Å². The van der Waals surface area contributed by atoms with Crippen LogP contribution in [-0.2, 0) is 25.8 Å². The van der Waals surface area contributed by atoms with Gasteiger partial charge in [-0.25, -0.2) is 0 Å². The van der Waals surface area contributed by atoms with Gasteiger partial charge < -0.3 is 20.2 Å². The normalized spacial score (nSPS) is 12.8. The molecule has 0 heterocycles. The second-order valence-electron chi connectivity index (χ2n) is 13.8. The van der Waals surface area contributed by atoms with Crippen LogP contribution in [0, 0.1) is 25.7 Å². The van der Waals surface area contributed by atoms with Crippen LogP contribution in [0.4, 0.5) is 11.4 Å². The topological polar surface area (TPSA) is 26.5 Å². The van der Waals surface area contributed by atoms with E-state index in [0.29, 0.717) is 23.7 Å². The molecule has 2 nitrogen and oxygen atoms in total. The molecule has 0 aliphatic rings. The maximum Gasteiger partial charge on any atom is 3.00 e. The first kappa shape index (κ1) is 40.7. The zero-order valence-corrected chi connectivity index (χ0v) is 30.6. The molecular formula is C37H59N2Sc. The van der Waals surface area contributed by atoms with E-state index in [4.69, 9.17) is 10.3 Å². The first-order valence-electron chi connectivity index (χ1n) is 14.2. The molecule has 2 aromatic carbocycles. The van der Waals surface area contributed by atoms with E-state index in [1.54, 1.807) is 0 Å². The summed E-state index contributed by atoms with van der Waals surface area (Å²) in [6, 6.07) is 13.3. The van der Waals surface area contributed by atoms with E-state index in [1.807, 2.05) is 0 Å². The van der Waals surface area contributed by atoms with Crippen LogP contribution in [0.3, 0.4) is 0 Å². The van der Waals surface area contributed by atoms with Crippen molar-refractivity contribution in [2.75, 3.05) is 0 Å². The van der Waals surface area contributed by atoms with Crippen LogP contribution < -0.4 is 0 Å². The Kier molecular flexibility index (Phi) is 16.5. The Morgan fingerprint density at radius 3 is 1.27 bits per heavy atom. The molecule has 3 heteroatoms. The largest absolute Gasteiger partial charge is 3.00 e. The summed E-state index contributed by atoms with van der Waals surface area (Å²) < 4.78 is 0. The molecule has 0 aliphatic carbocycles. The molecule has 0 saturated carbocycles. The van der Waals surface area contributed by atoms with Gasteiger partial charge in [0.1, 0.15) is 0 Å². The van der Waals surface area contributed by atoms with E-state index < -0.39 is 0 Å². The fourth-order valence-electron chi connectivity index (χ4n) is 4.49. The number of rotatable bonds is 8. The summed E-state index contributed by atoms with van der Waals surface area (Å²) in [7, 11) is 0. The second kappa shape index (κ2) is 16.2. The zero-order chi connectivity index (χ0) is 28.3. The van der Waals surface area contributed by atoms with Gasteiger partial charge in [-0.15, -0.1) is 5.69 Å². The van der Waals surface area contributed by atoms with Crippen molar-refractivity contribution in [2.45, 2.75) is 121 Å². The van der Waals surface area contributed by atoms with E-state index in [0.717, 1.165) is 22.8 Å². The fourth-order valence-corrected chi connectivity index (χ4v) is 4.49. The van der Waals surface area contributed by atoms with Crippen molar-refractivity contribution in [2.24, 2.45) is 15.8 Å². The standard InChI is InChI=1S/C35H53N2.2CH3.Sc/c1-22(2)26-17-15-18-27(23(3)4)32(26)36-30(34(9,10)11)21-31(35(12,13)14)37-33-28(24(5)6)19-16-20-29(33)25(7)8;;;/h15-25H,1-14H3;2*1H3;/q3*-1;+3/b30-21-,37-31?;;;. The predicted octanol–water partition coefficient (Wildman–Crippen LogP) is 12.8. The Morgan fingerprint density at radius 2 is 0.975 bits per heavy atom. The average Bonchev–Trinajstić information content (AvgIpc) is 2.75. The van der Waals surface area contributed by atoms with Crippen LogP contribution in [0.1, 0.15) is 143 Å². The quantitative estimate of drug-likeness (QED) is 0.221. The predicted molar refractivity (Wildman–Crippen MR) is 179 cm³/mol.